The van der Waals surface area contributed by atoms with E-state index in [1.807, 2.05) is 24.3 Å². The molecule has 0 bridgehead atoms. The van der Waals surface area contributed by atoms with E-state index in [1.54, 1.807) is 20.0 Å². The second-order valence-electron chi connectivity index (χ2n) is 8.85. The number of rotatable bonds is 12. The van der Waals surface area contributed by atoms with Crippen LogP contribution in [0.5, 0.6) is 0 Å². The highest BCUT2D eigenvalue weighted by Gasteiger charge is 2.30. The summed E-state index contributed by atoms with van der Waals surface area (Å²) in [7, 11) is 0. The second-order valence-corrected chi connectivity index (χ2v) is 8.85. The molecule has 12 heteroatoms. The maximum absolute atomic E-state index is 13.1. The Labute approximate surface area is 207 Å². The summed E-state index contributed by atoms with van der Waals surface area (Å²) in [6, 6.07) is 4.71. The first-order valence-corrected chi connectivity index (χ1v) is 11.5. The largest absolute Gasteiger partial charge is 0.480 e. The molecular formula is C24H31N7O5. The molecular weight excluding hydrogens is 466 g/mol. The minimum Gasteiger partial charge on any atom is -0.480 e. The third-order valence-electron chi connectivity index (χ3n) is 5.72. The van der Waals surface area contributed by atoms with Gasteiger partial charge in [-0.25, -0.2) is 4.98 Å². The number of fused-ring (bicyclic) bond motifs is 1. The van der Waals surface area contributed by atoms with Gasteiger partial charge in [0.05, 0.1) is 12.4 Å². The number of carbonyl (C=O) groups excluding carboxylic acids is 3. The zero-order valence-corrected chi connectivity index (χ0v) is 20.1. The van der Waals surface area contributed by atoms with Gasteiger partial charge in [-0.1, -0.05) is 32.0 Å². The van der Waals surface area contributed by atoms with Crippen molar-refractivity contribution < 1.29 is 24.3 Å². The van der Waals surface area contributed by atoms with Gasteiger partial charge in [0.1, 0.15) is 18.6 Å². The Kier molecular flexibility index (Phi) is 8.79. The predicted molar refractivity (Wildman–Crippen MR) is 132 cm³/mol. The van der Waals surface area contributed by atoms with Crippen molar-refractivity contribution in [2.75, 3.05) is 6.54 Å². The highest BCUT2D eigenvalue weighted by Crippen LogP contribution is 2.19. The third-order valence-corrected chi connectivity index (χ3v) is 5.72. The summed E-state index contributed by atoms with van der Waals surface area (Å²) >= 11 is 0. The van der Waals surface area contributed by atoms with Crippen molar-refractivity contribution >= 4 is 34.6 Å². The normalized spacial score (nSPS) is 13.7. The van der Waals surface area contributed by atoms with Crippen LogP contribution in [0.2, 0.25) is 0 Å². The Hall–Kier alpha value is -4.19. The van der Waals surface area contributed by atoms with Crippen molar-refractivity contribution in [2.45, 2.75) is 44.8 Å². The number of carbonyl (C=O) groups is 4. The van der Waals surface area contributed by atoms with E-state index in [9.17, 15) is 19.2 Å². The zero-order valence-electron chi connectivity index (χ0n) is 20.1. The summed E-state index contributed by atoms with van der Waals surface area (Å²) in [4.78, 5) is 59.3. The van der Waals surface area contributed by atoms with Gasteiger partial charge in [0.15, 0.2) is 0 Å². The van der Waals surface area contributed by atoms with E-state index in [0.717, 1.165) is 16.5 Å². The number of carboxylic acids is 1. The number of H-pyrrole nitrogens is 2. The Morgan fingerprint density at radius 1 is 1.03 bits per heavy atom. The Bertz CT molecular complexity index is 1200. The number of aliphatic carboxylic acids is 1. The molecule has 3 aromatic rings. The lowest BCUT2D eigenvalue weighted by molar-refractivity contribution is -0.138. The van der Waals surface area contributed by atoms with Crippen molar-refractivity contribution in [3.05, 3.63) is 54.2 Å². The molecule has 3 atom stereocenters. The Morgan fingerprint density at radius 3 is 2.44 bits per heavy atom. The minimum atomic E-state index is -1.22. The molecule has 0 saturated heterocycles. The number of amides is 3. The molecule has 12 nitrogen and oxygen atoms in total. The smallest absolute Gasteiger partial charge is 0.322 e. The molecule has 8 N–H and O–H groups in total. The highest BCUT2D eigenvalue weighted by molar-refractivity contribution is 5.94. The topological polar surface area (TPSA) is 195 Å². The predicted octanol–water partition coefficient (Wildman–Crippen LogP) is -0.170. The molecule has 0 fully saturated rings. The molecule has 3 rings (SSSR count). The average molecular weight is 498 g/mol. The molecule has 0 aliphatic rings. The quantitative estimate of drug-likeness (QED) is 0.180. The van der Waals surface area contributed by atoms with Crippen molar-refractivity contribution in [1.29, 1.82) is 0 Å². The summed E-state index contributed by atoms with van der Waals surface area (Å²) in [5.74, 6) is -3.30. The summed E-state index contributed by atoms with van der Waals surface area (Å²) in [6.07, 6.45) is 5.04. The van der Waals surface area contributed by atoms with Crippen LogP contribution in [0.3, 0.4) is 0 Å². The first kappa shape index (κ1) is 26.4. The monoisotopic (exact) mass is 497 g/mol. The van der Waals surface area contributed by atoms with E-state index in [2.05, 4.69) is 30.9 Å². The molecule has 0 aliphatic carbocycles. The van der Waals surface area contributed by atoms with Crippen LogP contribution in [0, 0.1) is 5.92 Å². The number of hydrogen-bond donors (Lipinski definition) is 7. The number of nitrogens with one attached hydrogen (secondary N) is 5. The molecule has 0 saturated carbocycles. The van der Waals surface area contributed by atoms with E-state index >= 15 is 0 Å². The van der Waals surface area contributed by atoms with Crippen LogP contribution in [0.1, 0.15) is 25.1 Å². The lowest BCUT2D eigenvalue weighted by atomic mass is 10.0. The molecule has 0 spiro atoms. The molecule has 3 unspecified atom stereocenters. The van der Waals surface area contributed by atoms with Crippen molar-refractivity contribution in [1.82, 2.24) is 30.9 Å². The van der Waals surface area contributed by atoms with E-state index in [4.69, 9.17) is 10.8 Å². The molecule has 2 aromatic heterocycles. The van der Waals surface area contributed by atoms with Gasteiger partial charge >= 0.3 is 5.97 Å². The summed E-state index contributed by atoms with van der Waals surface area (Å²) in [6.45, 7) is 2.91. The Morgan fingerprint density at radius 2 is 1.78 bits per heavy atom. The van der Waals surface area contributed by atoms with Gasteiger partial charge in [-0.2, -0.15) is 0 Å². The fourth-order valence-corrected chi connectivity index (χ4v) is 3.80. The van der Waals surface area contributed by atoms with Crippen molar-refractivity contribution in [3.8, 4) is 0 Å². The van der Waals surface area contributed by atoms with Crippen LogP contribution < -0.4 is 21.7 Å². The molecule has 0 aliphatic heterocycles. The lowest BCUT2D eigenvalue weighted by Crippen LogP contribution is -2.58. The summed E-state index contributed by atoms with van der Waals surface area (Å²) in [5, 5.41) is 17.4. The van der Waals surface area contributed by atoms with E-state index in [1.165, 1.54) is 12.5 Å². The number of hydrogen-bond acceptors (Lipinski definition) is 6. The fraction of sp³-hybridized carbons (Fsp3) is 0.375. The van der Waals surface area contributed by atoms with Crippen LogP contribution in [-0.2, 0) is 32.0 Å². The van der Waals surface area contributed by atoms with Gasteiger partial charge < -0.3 is 36.8 Å². The maximum atomic E-state index is 13.1. The maximum Gasteiger partial charge on any atom is 0.322 e. The first-order valence-electron chi connectivity index (χ1n) is 11.5. The van der Waals surface area contributed by atoms with Crippen LogP contribution in [0.4, 0.5) is 0 Å². The molecule has 36 heavy (non-hydrogen) atoms. The average Bonchev–Trinajstić information content (AvgIpc) is 3.50. The van der Waals surface area contributed by atoms with Crippen LogP contribution in [0.25, 0.3) is 10.9 Å². The van der Waals surface area contributed by atoms with Crippen molar-refractivity contribution in [2.24, 2.45) is 11.7 Å². The number of imidazole rings is 1. The van der Waals surface area contributed by atoms with Gasteiger partial charge in [0.2, 0.25) is 17.7 Å². The van der Waals surface area contributed by atoms with Crippen LogP contribution in [0.15, 0.2) is 43.0 Å². The molecule has 1 aromatic carbocycles. The Balaban J connectivity index is 1.67. The first-order chi connectivity index (χ1) is 17.2. The number of aromatic nitrogens is 3. The minimum absolute atomic E-state index is 0.0516. The fourth-order valence-electron chi connectivity index (χ4n) is 3.80. The van der Waals surface area contributed by atoms with E-state index < -0.39 is 48.4 Å². The SMILES string of the molecule is CC(C)C(NC(=O)C(N)Cc1c[nH]c2ccccc12)C(=O)NC(Cc1cnc[nH]1)C(=O)NCC(=O)O. The van der Waals surface area contributed by atoms with Crippen molar-refractivity contribution in [3.63, 3.8) is 0 Å². The number of aromatic amines is 2. The molecule has 0 radical (unpaired) electrons. The highest BCUT2D eigenvalue weighted by atomic mass is 16.4. The van der Waals surface area contributed by atoms with Gasteiger partial charge in [0.25, 0.3) is 0 Å². The number of nitrogens with two attached hydrogens (primary N) is 1. The zero-order chi connectivity index (χ0) is 26.2. The van der Waals surface area contributed by atoms with Crippen LogP contribution in [-0.4, -0.2) is 68.4 Å². The third kappa shape index (κ3) is 6.92. The van der Waals surface area contributed by atoms with Crippen LogP contribution >= 0.6 is 0 Å². The number of benzene rings is 1. The lowest BCUT2D eigenvalue weighted by Gasteiger charge is -2.26. The molecule has 3 amide bonds. The second kappa shape index (κ2) is 12.0. The summed E-state index contributed by atoms with van der Waals surface area (Å²) in [5.41, 5.74) is 8.55. The number of carboxylic acid groups (broad SMARTS) is 1. The van der Waals surface area contributed by atoms with Gasteiger partial charge in [-0.15, -0.1) is 0 Å². The summed E-state index contributed by atoms with van der Waals surface area (Å²) < 4.78 is 0. The number of para-hydroxylation sites is 1. The van der Waals surface area contributed by atoms with Gasteiger partial charge in [0, 0.05) is 35.4 Å². The van der Waals surface area contributed by atoms with E-state index in [0.29, 0.717) is 5.69 Å². The van der Waals surface area contributed by atoms with Gasteiger partial charge in [-0.05, 0) is 24.0 Å². The van der Waals surface area contributed by atoms with Gasteiger partial charge in [-0.3, -0.25) is 19.2 Å². The molecule has 2 heterocycles. The van der Waals surface area contributed by atoms with E-state index in [-0.39, 0.29) is 18.8 Å². The molecule has 192 valence electrons. The number of nitrogens with zero attached hydrogens (tertiary/aromatic N) is 1. The standard InChI is InChI=1S/C24H31N7O5/c1-13(2)21(31-22(34)17(25)7-14-9-27-18-6-4-3-5-16(14)18)24(36)30-19(8-15-10-26-12-29-15)23(35)28-11-20(32)33/h3-6,9-10,12-13,17,19,21,27H,7-8,11,25H2,1-2H3,(H,26,29)(H,28,35)(H,30,36)(H,31,34)(H,32,33).